The second-order valence-corrected chi connectivity index (χ2v) is 2.85. The van der Waals surface area contributed by atoms with Crippen LogP contribution in [-0.4, -0.2) is 25.7 Å². The molecule has 0 aromatic rings. The number of hydrogen-bond acceptors (Lipinski definition) is 4. The van der Waals surface area contributed by atoms with Crippen LogP contribution in [-0.2, 0) is 14.6 Å². The Bertz CT molecular complexity index is 136. The van der Waals surface area contributed by atoms with Crippen molar-refractivity contribution in [3.8, 4) is 0 Å². The molecule has 0 aliphatic carbocycles. The van der Waals surface area contributed by atoms with Gasteiger partial charge in [0.2, 0.25) is 0 Å². The molecule has 0 bridgehead atoms. The van der Waals surface area contributed by atoms with Crippen LogP contribution in [0.5, 0.6) is 0 Å². The van der Waals surface area contributed by atoms with Gasteiger partial charge in [0.05, 0.1) is 7.11 Å². The molecule has 0 amide bonds. The largest absolute Gasteiger partial charge is 0.359 e. The van der Waals surface area contributed by atoms with Gasteiger partial charge in [-0.25, -0.2) is 4.79 Å². The van der Waals surface area contributed by atoms with Crippen LogP contribution in [0.4, 0.5) is 0 Å². The number of carbonyl (C=O) groups excluding carboxylic acids is 1. The summed E-state index contributed by atoms with van der Waals surface area (Å²) in [5.41, 5.74) is 0. The zero-order valence-corrected chi connectivity index (χ0v) is 8.09. The standard InChI is InChI=1S/C8H17NO3/c1-5-9-7(6(2)3)8(10)12-11-4/h6-7,9H,5H2,1-4H3/t7-/m0/s1. The zero-order valence-electron chi connectivity index (χ0n) is 8.09. The van der Waals surface area contributed by atoms with E-state index >= 15 is 0 Å². The van der Waals surface area contributed by atoms with Gasteiger partial charge in [-0.3, -0.25) is 4.89 Å². The molecule has 4 nitrogen and oxygen atoms in total. The Morgan fingerprint density at radius 2 is 2.08 bits per heavy atom. The molecule has 0 saturated heterocycles. The fraction of sp³-hybridized carbons (Fsp3) is 0.875. The first-order chi connectivity index (χ1) is 5.63. The van der Waals surface area contributed by atoms with Crippen molar-refractivity contribution in [2.24, 2.45) is 5.92 Å². The van der Waals surface area contributed by atoms with Crippen LogP contribution in [0.1, 0.15) is 20.8 Å². The van der Waals surface area contributed by atoms with Gasteiger partial charge in [-0.15, -0.1) is 0 Å². The Morgan fingerprint density at radius 1 is 1.50 bits per heavy atom. The predicted octanol–water partition coefficient (Wildman–Crippen LogP) is 0.725. The van der Waals surface area contributed by atoms with Crippen molar-refractivity contribution >= 4 is 5.97 Å². The molecule has 0 fully saturated rings. The minimum atomic E-state index is -0.366. The van der Waals surface area contributed by atoms with Crippen LogP contribution < -0.4 is 5.32 Å². The molecule has 0 aromatic heterocycles. The van der Waals surface area contributed by atoms with Gasteiger partial charge in [0.15, 0.2) is 0 Å². The molecule has 0 radical (unpaired) electrons. The minimum Gasteiger partial charge on any atom is -0.304 e. The molecule has 1 atom stereocenters. The van der Waals surface area contributed by atoms with E-state index in [1.165, 1.54) is 7.11 Å². The summed E-state index contributed by atoms with van der Waals surface area (Å²) in [4.78, 5) is 19.9. The van der Waals surface area contributed by atoms with Gasteiger partial charge in [-0.05, 0) is 12.5 Å². The van der Waals surface area contributed by atoms with E-state index in [0.717, 1.165) is 6.54 Å². The molecule has 12 heavy (non-hydrogen) atoms. The van der Waals surface area contributed by atoms with Crippen molar-refractivity contribution in [1.82, 2.24) is 5.32 Å². The van der Waals surface area contributed by atoms with Crippen molar-refractivity contribution in [3.05, 3.63) is 0 Å². The first-order valence-corrected chi connectivity index (χ1v) is 4.11. The minimum absolute atomic E-state index is 0.201. The molecule has 0 heterocycles. The summed E-state index contributed by atoms with van der Waals surface area (Å²) < 4.78 is 0. The summed E-state index contributed by atoms with van der Waals surface area (Å²) in [7, 11) is 1.32. The van der Waals surface area contributed by atoms with E-state index in [4.69, 9.17) is 0 Å². The quantitative estimate of drug-likeness (QED) is 0.494. The van der Waals surface area contributed by atoms with Crippen LogP contribution in [0.2, 0.25) is 0 Å². The summed E-state index contributed by atoms with van der Waals surface area (Å²) in [6.45, 7) is 6.58. The van der Waals surface area contributed by atoms with Crippen molar-refractivity contribution in [1.29, 1.82) is 0 Å². The number of carbonyl (C=O) groups is 1. The second-order valence-electron chi connectivity index (χ2n) is 2.85. The third-order valence-corrected chi connectivity index (χ3v) is 1.51. The highest BCUT2D eigenvalue weighted by Crippen LogP contribution is 2.03. The normalized spacial score (nSPS) is 13.1. The lowest BCUT2D eigenvalue weighted by Crippen LogP contribution is -2.41. The number of rotatable bonds is 5. The smallest absolute Gasteiger partial charge is 0.304 e. The lowest BCUT2D eigenvalue weighted by Gasteiger charge is -2.18. The predicted molar refractivity (Wildman–Crippen MR) is 45.4 cm³/mol. The maximum absolute atomic E-state index is 11.2. The van der Waals surface area contributed by atoms with E-state index in [1.807, 2.05) is 20.8 Å². The molecular weight excluding hydrogens is 158 g/mol. The maximum Gasteiger partial charge on any atom is 0.359 e. The fourth-order valence-electron chi connectivity index (χ4n) is 0.945. The highest BCUT2D eigenvalue weighted by molar-refractivity contribution is 5.75. The summed E-state index contributed by atoms with van der Waals surface area (Å²) in [6, 6.07) is -0.282. The maximum atomic E-state index is 11.2. The monoisotopic (exact) mass is 175 g/mol. The van der Waals surface area contributed by atoms with Crippen LogP contribution in [0, 0.1) is 5.92 Å². The van der Waals surface area contributed by atoms with Crippen LogP contribution in [0.15, 0.2) is 0 Å². The molecule has 4 heteroatoms. The molecule has 0 saturated carbocycles. The summed E-state index contributed by atoms with van der Waals surface area (Å²) >= 11 is 0. The Kier molecular flexibility index (Phi) is 5.66. The molecular formula is C8H17NO3. The highest BCUT2D eigenvalue weighted by Gasteiger charge is 2.22. The van der Waals surface area contributed by atoms with Gasteiger partial charge in [0, 0.05) is 0 Å². The fourth-order valence-corrected chi connectivity index (χ4v) is 0.945. The van der Waals surface area contributed by atoms with Crippen molar-refractivity contribution < 1.29 is 14.6 Å². The van der Waals surface area contributed by atoms with Crippen LogP contribution in [0.25, 0.3) is 0 Å². The lowest BCUT2D eigenvalue weighted by atomic mass is 10.1. The van der Waals surface area contributed by atoms with Gasteiger partial charge in [-0.2, -0.15) is 4.89 Å². The lowest BCUT2D eigenvalue weighted by molar-refractivity contribution is -0.257. The molecule has 1 N–H and O–H groups in total. The van der Waals surface area contributed by atoms with E-state index in [1.54, 1.807) is 0 Å². The van der Waals surface area contributed by atoms with Gasteiger partial charge < -0.3 is 5.32 Å². The number of nitrogens with one attached hydrogen (secondary N) is 1. The van der Waals surface area contributed by atoms with E-state index in [9.17, 15) is 4.79 Å². The number of hydrogen-bond donors (Lipinski definition) is 1. The average Bonchev–Trinajstić information content (AvgIpc) is 1.99. The molecule has 0 unspecified atom stereocenters. The summed E-state index contributed by atoms with van der Waals surface area (Å²) in [6.07, 6.45) is 0. The van der Waals surface area contributed by atoms with Crippen LogP contribution in [0.3, 0.4) is 0 Å². The van der Waals surface area contributed by atoms with Gasteiger partial charge in [-0.1, -0.05) is 20.8 Å². The van der Waals surface area contributed by atoms with Crippen molar-refractivity contribution in [2.45, 2.75) is 26.8 Å². The van der Waals surface area contributed by atoms with Crippen molar-refractivity contribution in [3.63, 3.8) is 0 Å². The molecule has 0 aliphatic heterocycles. The topological polar surface area (TPSA) is 47.6 Å². The molecule has 0 aliphatic rings. The van der Waals surface area contributed by atoms with Gasteiger partial charge in [0.1, 0.15) is 6.04 Å². The summed E-state index contributed by atoms with van der Waals surface area (Å²) in [5.74, 6) is -0.165. The summed E-state index contributed by atoms with van der Waals surface area (Å²) in [5, 5.41) is 3.01. The first-order valence-electron chi connectivity index (χ1n) is 4.11. The first kappa shape index (κ1) is 11.4. The molecule has 72 valence electrons. The van der Waals surface area contributed by atoms with Gasteiger partial charge >= 0.3 is 5.97 Å². The Balaban J connectivity index is 4.00. The Morgan fingerprint density at radius 3 is 2.42 bits per heavy atom. The SMILES string of the molecule is CCN[C@H](C(=O)OOC)C(C)C. The highest BCUT2D eigenvalue weighted by atomic mass is 17.2. The van der Waals surface area contributed by atoms with E-state index in [0.29, 0.717) is 0 Å². The Hall–Kier alpha value is -0.610. The number of likely N-dealkylation sites (N-methyl/N-ethyl adjacent to an activating group) is 1. The Labute approximate surface area is 73.2 Å². The third kappa shape index (κ3) is 3.69. The third-order valence-electron chi connectivity index (χ3n) is 1.51. The van der Waals surface area contributed by atoms with E-state index in [2.05, 4.69) is 15.1 Å². The second kappa shape index (κ2) is 5.97. The molecule has 0 rings (SSSR count). The van der Waals surface area contributed by atoms with Crippen molar-refractivity contribution in [2.75, 3.05) is 13.7 Å². The average molecular weight is 175 g/mol. The van der Waals surface area contributed by atoms with Gasteiger partial charge in [0.25, 0.3) is 0 Å². The molecule has 0 spiro atoms. The van der Waals surface area contributed by atoms with Crippen LogP contribution >= 0.6 is 0 Å². The zero-order chi connectivity index (χ0) is 9.56. The molecule has 0 aromatic carbocycles. The van der Waals surface area contributed by atoms with E-state index in [-0.39, 0.29) is 17.9 Å². The van der Waals surface area contributed by atoms with E-state index < -0.39 is 0 Å².